The van der Waals surface area contributed by atoms with Crippen molar-refractivity contribution in [1.29, 1.82) is 0 Å². The zero-order valence-electron chi connectivity index (χ0n) is 9.04. The molecule has 0 saturated carbocycles. The van der Waals surface area contributed by atoms with E-state index in [9.17, 15) is 9.90 Å². The zero-order valence-corrected chi connectivity index (χ0v) is 9.04. The van der Waals surface area contributed by atoms with E-state index in [0.29, 0.717) is 5.82 Å². The van der Waals surface area contributed by atoms with Crippen LogP contribution in [-0.2, 0) is 0 Å². The van der Waals surface area contributed by atoms with E-state index in [1.54, 1.807) is 24.3 Å². The molecule has 0 fully saturated rings. The largest absolute Gasteiger partial charge is 0.508 e. The number of hydrogen-bond donors (Lipinski definition) is 1. The van der Waals surface area contributed by atoms with Gasteiger partial charge in [-0.2, -0.15) is 0 Å². The van der Waals surface area contributed by atoms with Crippen molar-refractivity contribution in [2.75, 3.05) is 0 Å². The monoisotopic (exact) mass is 220 g/mol. The van der Waals surface area contributed by atoms with E-state index in [0.717, 1.165) is 5.56 Å². The molecule has 0 aliphatic heterocycles. The first kappa shape index (κ1) is 10.5. The Morgan fingerprint density at radius 3 is 2.50 bits per heavy atom. The molecule has 1 heterocycles. The average Bonchev–Trinajstić information content (AvgIpc) is 2.61. The zero-order chi connectivity index (χ0) is 11.7. The summed E-state index contributed by atoms with van der Waals surface area (Å²) in [5.41, 5.74) is 0.734. The highest BCUT2D eigenvalue weighted by Gasteiger charge is 2.14. The van der Waals surface area contributed by atoms with E-state index >= 15 is 0 Å². The van der Waals surface area contributed by atoms with Gasteiger partial charge >= 0.3 is 5.76 Å². The van der Waals surface area contributed by atoms with E-state index in [1.165, 1.54) is 4.57 Å². The smallest absolute Gasteiger partial charge is 0.442 e. The third kappa shape index (κ3) is 1.71. The minimum absolute atomic E-state index is 0.0254. The van der Waals surface area contributed by atoms with Gasteiger partial charge in [-0.3, -0.25) is 9.09 Å². The van der Waals surface area contributed by atoms with Crippen LogP contribution in [0.4, 0.5) is 0 Å². The predicted molar refractivity (Wildman–Crippen MR) is 58.2 cm³/mol. The molecule has 5 heteroatoms. The maximum Gasteiger partial charge on any atom is 0.442 e. The summed E-state index contributed by atoms with van der Waals surface area (Å²) < 4.78 is 6.10. The Hall–Kier alpha value is -2.04. The highest BCUT2D eigenvalue weighted by atomic mass is 16.5. The maximum atomic E-state index is 11.4. The third-order valence-electron chi connectivity index (χ3n) is 2.28. The highest BCUT2D eigenvalue weighted by Crippen LogP contribution is 2.21. The number of benzene rings is 1. The Bertz CT molecular complexity index is 537. The molecular weight excluding hydrogens is 208 g/mol. The lowest BCUT2D eigenvalue weighted by atomic mass is 10.2. The summed E-state index contributed by atoms with van der Waals surface area (Å²) in [4.78, 5) is 11.4. The second kappa shape index (κ2) is 3.84. The fourth-order valence-electron chi connectivity index (χ4n) is 1.51. The second-order valence-corrected chi connectivity index (χ2v) is 3.78. The van der Waals surface area contributed by atoms with Gasteiger partial charge in [-0.1, -0.05) is 5.16 Å². The number of rotatable bonds is 2. The topological polar surface area (TPSA) is 68.3 Å². The van der Waals surface area contributed by atoms with E-state index in [4.69, 9.17) is 0 Å². The van der Waals surface area contributed by atoms with Crippen molar-refractivity contribution in [3.63, 3.8) is 0 Å². The van der Waals surface area contributed by atoms with Gasteiger partial charge < -0.3 is 5.11 Å². The molecular formula is C11H12N2O3. The molecule has 0 unspecified atom stereocenters. The van der Waals surface area contributed by atoms with Gasteiger partial charge in [0.1, 0.15) is 5.75 Å². The molecule has 1 N–H and O–H groups in total. The summed E-state index contributed by atoms with van der Waals surface area (Å²) in [6, 6.07) is 6.43. The normalized spacial score (nSPS) is 10.9. The molecule has 16 heavy (non-hydrogen) atoms. The minimum atomic E-state index is -0.474. The minimum Gasteiger partial charge on any atom is -0.508 e. The summed E-state index contributed by atoms with van der Waals surface area (Å²) in [6.45, 7) is 3.75. The number of hydrogen-bond acceptors (Lipinski definition) is 4. The van der Waals surface area contributed by atoms with Crippen LogP contribution in [-0.4, -0.2) is 14.8 Å². The number of phenols is 1. The Morgan fingerprint density at radius 2 is 1.94 bits per heavy atom. The van der Waals surface area contributed by atoms with Gasteiger partial charge in [-0.15, -0.1) is 0 Å². The maximum absolute atomic E-state index is 11.4. The first-order valence-electron chi connectivity index (χ1n) is 4.97. The van der Waals surface area contributed by atoms with Crippen LogP contribution in [0.2, 0.25) is 0 Å². The molecule has 0 bridgehead atoms. The van der Waals surface area contributed by atoms with Crippen LogP contribution in [0.1, 0.15) is 19.9 Å². The van der Waals surface area contributed by atoms with Crippen LogP contribution in [0, 0.1) is 0 Å². The molecule has 0 atom stereocenters. The molecule has 0 amide bonds. The molecule has 0 aliphatic carbocycles. The first-order chi connectivity index (χ1) is 7.59. The Balaban J connectivity index is 2.56. The van der Waals surface area contributed by atoms with E-state index in [2.05, 4.69) is 9.68 Å². The summed E-state index contributed by atoms with van der Waals surface area (Å²) in [6.07, 6.45) is 0. The van der Waals surface area contributed by atoms with Gasteiger partial charge in [-0.25, -0.2) is 4.79 Å². The van der Waals surface area contributed by atoms with Gasteiger partial charge in [0.25, 0.3) is 0 Å². The number of aromatic nitrogens is 2. The van der Waals surface area contributed by atoms with Crippen molar-refractivity contribution in [1.82, 2.24) is 9.72 Å². The average molecular weight is 220 g/mol. The molecule has 0 aliphatic rings. The van der Waals surface area contributed by atoms with Crippen LogP contribution in [0.15, 0.2) is 33.6 Å². The van der Waals surface area contributed by atoms with Crippen molar-refractivity contribution in [2.24, 2.45) is 0 Å². The van der Waals surface area contributed by atoms with E-state index in [-0.39, 0.29) is 11.8 Å². The molecule has 2 rings (SSSR count). The standard InChI is InChI=1S/C11H12N2O3/c1-7(2)13-10(12-16-11(13)15)8-3-5-9(14)6-4-8/h3-7,14H,1-2H3. The van der Waals surface area contributed by atoms with Gasteiger partial charge in [0, 0.05) is 11.6 Å². The number of phenolic OH excluding ortho intramolecular Hbond substituents is 1. The fraction of sp³-hybridized carbons (Fsp3) is 0.273. The van der Waals surface area contributed by atoms with Crippen molar-refractivity contribution < 1.29 is 9.63 Å². The number of nitrogens with zero attached hydrogens (tertiary/aromatic N) is 2. The summed E-state index contributed by atoms with van der Waals surface area (Å²) in [5.74, 6) is 0.170. The Labute approximate surface area is 91.9 Å². The van der Waals surface area contributed by atoms with Gasteiger partial charge in [0.05, 0.1) is 0 Å². The van der Waals surface area contributed by atoms with Crippen LogP contribution >= 0.6 is 0 Å². The van der Waals surface area contributed by atoms with Crippen molar-refractivity contribution in [3.05, 3.63) is 34.8 Å². The van der Waals surface area contributed by atoms with Crippen molar-refractivity contribution in [2.45, 2.75) is 19.9 Å². The second-order valence-electron chi connectivity index (χ2n) is 3.78. The lowest BCUT2D eigenvalue weighted by molar-refractivity contribution is 0.370. The molecule has 2 aromatic rings. The van der Waals surface area contributed by atoms with Gasteiger partial charge in [0.2, 0.25) is 0 Å². The van der Waals surface area contributed by atoms with Crippen LogP contribution in [0.3, 0.4) is 0 Å². The molecule has 1 aromatic carbocycles. The summed E-state index contributed by atoms with van der Waals surface area (Å²) in [7, 11) is 0. The van der Waals surface area contributed by atoms with E-state index < -0.39 is 5.76 Å². The van der Waals surface area contributed by atoms with Gasteiger partial charge in [-0.05, 0) is 38.1 Å². The SMILES string of the molecule is CC(C)n1c(-c2ccc(O)cc2)noc1=O. The highest BCUT2D eigenvalue weighted by molar-refractivity contribution is 5.55. The molecule has 1 aromatic heterocycles. The third-order valence-corrected chi connectivity index (χ3v) is 2.28. The summed E-state index contributed by atoms with van der Waals surface area (Å²) in [5, 5.41) is 12.9. The van der Waals surface area contributed by atoms with Crippen LogP contribution in [0.25, 0.3) is 11.4 Å². The molecule has 5 nitrogen and oxygen atoms in total. The van der Waals surface area contributed by atoms with Crippen molar-refractivity contribution >= 4 is 0 Å². The molecule has 0 radical (unpaired) electrons. The number of aromatic hydroxyl groups is 1. The Kier molecular flexibility index (Phi) is 2.52. The fourth-order valence-corrected chi connectivity index (χ4v) is 1.51. The molecule has 84 valence electrons. The van der Waals surface area contributed by atoms with Crippen LogP contribution < -0.4 is 5.76 Å². The van der Waals surface area contributed by atoms with E-state index in [1.807, 2.05) is 13.8 Å². The van der Waals surface area contributed by atoms with Gasteiger partial charge in [0.15, 0.2) is 5.82 Å². The molecule has 0 spiro atoms. The van der Waals surface area contributed by atoms with Crippen molar-refractivity contribution in [3.8, 4) is 17.1 Å². The Morgan fingerprint density at radius 1 is 1.31 bits per heavy atom. The predicted octanol–water partition coefficient (Wildman–Crippen LogP) is 1.79. The first-order valence-corrected chi connectivity index (χ1v) is 4.97. The quantitative estimate of drug-likeness (QED) is 0.837. The lowest BCUT2D eigenvalue weighted by Crippen LogP contribution is -2.17. The summed E-state index contributed by atoms with van der Waals surface area (Å²) >= 11 is 0. The lowest BCUT2D eigenvalue weighted by Gasteiger charge is -2.07. The van der Waals surface area contributed by atoms with Crippen LogP contribution in [0.5, 0.6) is 5.75 Å². The molecule has 0 saturated heterocycles.